The molecule has 0 aromatic carbocycles. The number of piperidine rings is 1. The molecule has 0 aromatic heterocycles. The molecule has 3 unspecified atom stereocenters. The van der Waals surface area contributed by atoms with Gasteiger partial charge in [0.2, 0.25) is 0 Å². The summed E-state index contributed by atoms with van der Waals surface area (Å²) < 4.78 is 0. The number of hydrogen-bond acceptors (Lipinski definition) is 2. The van der Waals surface area contributed by atoms with Gasteiger partial charge in [-0.1, -0.05) is 27.7 Å². The number of likely N-dealkylation sites (N-methyl/N-ethyl adjacent to an activating group) is 1. The predicted octanol–water partition coefficient (Wildman–Crippen LogP) is 2.35. The normalized spacial score (nSPS) is 30.4. The van der Waals surface area contributed by atoms with Crippen LogP contribution in [0.4, 0.5) is 0 Å². The highest BCUT2D eigenvalue weighted by Gasteiger charge is 2.23. The molecule has 0 amide bonds. The number of nitrogens with zero attached hydrogens (tertiary/aromatic N) is 1. The lowest BCUT2D eigenvalue weighted by Crippen LogP contribution is -2.46. The Morgan fingerprint density at radius 2 is 1.80 bits per heavy atom. The van der Waals surface area contributed by atoms with Crippen LogP contribution in [0.2, 0.25) is 0 Å². The maximum atomic E-state index is 3.57. The third-order valence-corrected chi connectivity index (χ3v) is 3.41. The van der Waals surface area contributed by atoms with Crippen LogP contribution in [0.25, 0.3) is 0 Å². The van der Waals surface area contributed by atoms with Crippen molar-refractivity contribution in [2.75, 3.05) is 26.2 Å². The van der Waals surface area contributed by atoms with E-state index < -0.39 is 0 Å². The maximum Gasteiger partial charge on any atom is 0.0192 e. The van der Waals surface area contributed by atoms with E-state index in [0.29, 0.717) is 6.04 Å². The molecule has 3 atom stereocenters. The van der Waals surface area contributed by atoms with Gasteiger partial charge < -0.3 is 10.2 Å². The third kappa shape index (κ3) is 4.52. The van der Waals surface area contributed by atoms with E-state index in [-0.39, 0.29) is 0 Å². The summed E-state index contributed by atoms with van der Waals surface area (Å²) in [6, 6.07) is 0.688. The Hall–Kier alpha value is -0.0800. The Morgan fingerprint density at radius 3 is 2.27 bits per heavy atom. The Bertz CT molecular complexity index is 160. The van der Waals surface area contributed by atoms with Gasteiger partial charge in [0.25, 0.3) is 0 Å². The molecule has 1 rings (SSSR count). The Labute approximate surface area is 95.4 Å². The molecule has 1 aliphatic rings. The van der Waals surface area contributed by atoms with Crippen LogP contribution < -0.4 is 5.32 Å². The molecule has 90 valence electrons. The lowest BCUT2D eigenvalue weighted by molar-refractivity contribution is 0.128. The van der Waals surface area contributed by atoms with Crippen LogP contribution in [0.1, 0.15) is 40.5 Å². The molecule has 0 aliphatic carbocycles. The number of nitrogens with one attached hydrogen (secondary N) is 1. The Balaban J connectivity index is 2.35. The zero-order valence-electron chi connectivity index (χ0n) is 10.9. The van der Waals surface area contributed by atoms with Crippen LogP contribution in [0, 0.1) is 11.8 Å². The summed E-state index contributed by atoms with van der Waals surface area (Å²) in [5.74, 6) is 1.76. The lowest BCUT2D eigenvalue weighted by atomic mass is 9.91. The standard InChI is InChI=1S/C13H28N2/c1-5-13(14-6-2)10-15-8-11(3)7-12(4)9-15/h11-14H,5-10H2,1-4H3. The van der Waals surface area contributed by atoms with Crippen LogP contribution in [0.5, 0.6) is 0 Å². The van der Waals surface area contributed by atoms with E-state index in [4.69, 9.17) is 0 Å². The first-order valence-corrected chi connectivity index (χ1v) is 6.61. The number of hydrogen-bond donors (Lipinski definition) is 1. The van der Waals surface area contributed by atoms with Gasteiger partial charge in [0.15, 0.2) is 0 Å². The van der Waals surface area contributed by atoms with Crippen LogP contribution in [0.3, 0.4) is 0 Å². The summed E-state index contributed by atoms with van der Waals surface area (Å²) in [6.45, 7) is 14.2. The van der Waals surface area contributed by atoms with Crippen molar-refractivity contribution in [1.82, 2.24) is 10.2 Å². The Morgan fingerprint density at radius 1 is 1.20 bits per heavy atom. The van der Waals surface area contributed by atoms with Crippen molar-refractivity contribution in [1.29, 1.82) is 0 Å². The fraction of sp³-hybridized carbons (Fsp3) is 1.00. The van der Waals surface area contributed by atoms with Gasteiger partial charge in [-0.05, 0) is 31.2 Å². The first-order chi connectivity index (χ1) is 7.15. The van der Waals surface area contributed by atoms with Crippen molar-refractivity contribution in [3.05, 3.63) is 0 Å². The van der Waals surface area contributed by atoms with E-state index in [9.17, 15) is 0 Å². The average molecular weight is 212 g/mol. The first kappa shape index (κ1) is 13.0. The molecule has 0 bridgehead atoms. The molecule has 0 radical (unpaired) electrons. The third-order valence-electron chi connectivity index (χ3n) is 3.41. The molecule has 1 fully saturated rings. The molecule has 1 saturated heterocycles. The second-order valence-corrected chi connectivity index (χ2v) is 5.33. The highest BCUT2D eigenvalue weighted by molar-refractivity contribution is 4.78. The Kier molecular flexibility index (Phi) is 5.62. The minimum absolute atomic E-state index is 0.688. The summed E-state index contributed by atoms with van der Waals surface area (Å²) >= 11 is 0. The smallest absolute Gasteiger partial charge is 0.0192 e. The lowest BCUT2D eigenvalue weighted by Gasteiger charge is -2.37. The van der Waals surface area contributed by atoms with E-state index >= 15 is 0 Å². The zero-order chi connectivity index (χ0) is 11.3. The molecule has 0 spiro atoms. The second kappa shape index (κ2) is 6.49. The quantitative estimate of drug-likeness (QED) is 0.752. The minimum Gasteiger partial charge on any atom is -0.313 e. The molecule has 2 heteroatoms. The van der Waals surface area contributed by atoms with Crippen LogP contribution in [0.15, 0.2) is 0 Å². The van der Waals surface area contributed by atoms with Gasteiger partial charge in [-0.2, -0.15) is 0 Å². The van der Waals surface area contributed by atoms with E-state index in [2.05, 4.69) is 37.9 Å². The van der Waals surface area contributed by atoms with Crippen LogP contribution >= 0.6 is 0 Å². The van der Waals surface area contributed by atoms with Gasteiger partial charge in [0.1, 0.15) is 0 Å². The van der Waals surface area contributed by atoms with Gasteiger partial charge in [-0.15, -0.1) is 0 Å². The molecule has 2 nitrogen and oxygen atoms in total. The summed E-state index contributed by atoms with van der Waals surface area (Å²) in [4.78, 5) is 2.65. The predicted molar refractivity (Wildman–Crippen MR) is 67.1 cm³/mol. The van der Waals surface area contributed by atoms with Gasteiger partial charge >= 0.3 is 0 Å². The minimum atomic E-state index is 0.688. The van der Waals surface area contributed by atoms with Crippen LogP contribution in [-0.2, 0) is 0 Å². The van der Waals surface area contributed by atoms with Gasteiger partial charge in [-0.3, -0.25) is 0 Å². The SMILES string of the molecule is CCNC(CC)CN1CC(C)CC(C)C1. The molecule has 0 aromatic rings. The van der Waals surface area contributed by atoms with Gasteiger partial charge in [0.05, 0.1) is 0 Å². The summed E-state index contributed by atoms with van der Waals surface area (Å²) in [5.41, 5.74) is 0. The molecule has 15 heavy (non-hydrogen) atoms. The van der Waals surface area contributed by atoms with E-state index in [1.807, 2.05) is 0 Å². The molecule has 0 saturated carbocycles. The molecule has 1 heterocycles. The molecular weight excluding hydrogens is 184 g/mol. The first-order valence-electron chi connectivity index (χ1n) is 6.61. The van der Waals surface area contributed by atoms with Crippen molar-refractivity contribution in [3.8, 4) is 0 Å². The average Bonchev–Trinajstić information content (AvgIpc) is 2.15. The fourth-order valence-electron chi connectivity index (χ4n) is 2.88. The van der Waals surface area contributed by atoms with Crippen LogP contribution in [-0.4, -0.2) is 37.1 Å². The van der Waals surface area contributed by atoms with E-state index in [1.165, 1.54) is 32.5 Å². The van der Waals surface area contributed by atoms with Crippen molar-refractivity contribution in [2.45, 2.75) is 46.6 Å². The fourth-order valence-corrected chi connectivity index (χ4v) is 2.88. The molecular formula is C13H28N2. The zero-order valence-corrected chi connectivity index (χ0v) is 10.9. The highest BCUT2D eigenvalue weighted by Crippen LogP contribution is 2.21. The van der Waals surface area contributed by atoms with Crippen molar-refractivity contribution >= 4 is 0 Å². The van der Waals surface area contributed by atoms with Gasteiger partial charge in [0, 0.05) is 25.7 Å². The summed E-state index contributed by atoms with van der Waals surface area (Å²) in [5, 5.41) is 3.57. The highest BCUT2D eigenvalue weighted by atomic mass is 15.2. The van der Waals surface area contributed by atoms with Crippen molar-refractivity contribution in [3.63, 3.8) is 0 Å². The van der Waals surface area contributed by atoms with E-state index in [0.717, 1.165) is 18.4 Å². The molecule has 1 aliphatic heterocycles. The maximum absolute atomic E-state index is 3.57. The van der Waals surface area contributed by atoms with Crippen molar-refractivity contribution < 1.29 is 0 Å². The monoisotopic (exact) mass is 212 g/mol. The van der Waals surface area contributed by atoms with E-state index in [1.54, 1.807) is 0 Å². The number of likely N-dealkylation sites (tertiary alicyclic amines) is 1. The van der Waals surface area contributed by atoms with Gasteiger partial charge in [-0.25, -0.2) is 0 Å². The topological polar surface area (TPSA) is 15.3 Å². The number of rotatable bonds is 5. The largest absolute Gasteiger partial charge is 0.313 e. The second-order valence-electron chi connectivity index (χ2n) is 5.33. The summed E-state index contributed by atoms with van der Waals surface area (Å²) in [7, 11) is 0. The summed E-state index contributed by atoms with van der Waals surface area (Å²) in [6.07, 6.45) is 2.65. The molecule has 1 N–H and O–H groups in total. The van der Waals surface area contributed by atoms with Crippen molar-refractivity contribution in [2.24, 2.45) is 11.8 Å².